The Hall–Kier alpha value is -6.58. The Morgan fingerprint density at radius 3 is 1.82 bits per heavy atom. The quantitative estimate of drug-likeness (QED) is 0.190. The third-order valence-electron chi connectivity index (χ3n) is 9.65. The summed E-state index contributed by atoms with van der Waals surface area (Å²) in [4.78, 5) is 2.37. The Bertz CT molecular complexity index is 2830. The van der Waals surface area contributed by atoms with E-state index in [0.717, 1.165) is 88.4 Å². The number of anilines is 3. The van der Waals surface area contributed by atoms with Crippen molar-refractivity contribution in [1.29, 1.82) is 0 Å². The molecule has 0 aliphatic rings. The fourth-order valence-corrected chi connectivity index (χ4v) is 7.32. The van der Waals surface area contributed by atoms with Crippen LogP contribution in [-0.4, -0.2) is 0 Å². The molecule has 8 aromatic carbocycles. The number of para-hydroxylation sites is 4. The predicted molar refractivity (Wildman–Crippen MR) is 204 cm³/mol. The number of hydrogen-bond donors (Lipinski definition) is 0. The first-order chi connectivity index (χ1) is 24.3. The number of rotatable bonds is 5. The zero-order valence-corrected chi connectivity index (χ0v) is 26.5. The minimum Gasteiger partial charge on any atom is -0.456 e. The highest BCUT2D eigenvalue weighted by molar-refractivity contribution is 6.11. The lowest BCUT2D eigenvalue weighted by atomic mass is 9.99. The molecule has 0 saturated carbocycles. The van der Waals surface area contributed by atoms with E-state index in [1.165, 1.54) is 5.56 Å². The average Bonchev–Trinajstić information content (AvgIpc) is 3.73. The topological polar surface area (TPSA) is 29.5 Å². The molecule has 3 heteroatoms. The molecule has 49 heavy (non-hydrogen) atoms. The second-order valence-electron chi connectivity index (χ2n) is 12.5. The van der Waals surface area contributed by atoms with Crippen molar-refractivity contribution in [2.75, 3.05) is 4.90 Å². The summed E-state index contributed by atoms with van der Waals surface area (Å²) in [5.74, 6) is 0. The maximum atomic E-state index is 6.39. The molecule has 0 saturated heterocycles. The van der Waals surface area contributed by atoms with Gasteiger partial charge in [-0.1, -0.05) is 121 Å². The van der Waals surface area contributed by atoms with Crippen LogP contribution in [-0.2, 0) is 0 Å². The van der Waals surface area contributed by atoms with Crippen molar-refractivity contribution >= 4 is 71.7 Å². The van der Waals surface area contributed by atoms with Gasteiger partial charge < -0.3 is 13.7 Å². The third-order valence-corrected chi connectivity index (χ3v) is 9.65. The normalized spacial score (nSPS) is 11.7. The van der Waals surface area contributed by atoms with Gasteiger partial charge in [-0.15, -0.1) is 0 Å². The van der Waals surface area contributed by atoms with E-state index in [2.05, 4.69) is 157 Å². The molecule has 3 nitrogen and oxygen atoms in total. The summed E-state index contributed by atoms with van der Waals surface area (Å²) in [6.45, 7) is 0. The highest BCUT2D eigenvalue weighted by atomic mass is 16.3. The van der Waals surface area contributed by atoms with Crippen LogP contribution in [0.25, 0.3) is 76.9 Å². The summed E-state index contributed by atoms with van der Waals surface area (Å²) >= 11 is 0. The van der Waals surface area contributed by atoms with Gasteiger partial charge in [0.15, 0.2) is 0 Å². The number of fused-ring (bicyclic) bond motifs is 7. The van der Waals surface area contributed by atoms with Gasteiger partial charge in [-0.25, -0.2) is 0 Å². The lowest BCUT2D eigenvalue weighted by Gasteiger charge is -2.28. The molecule has 0 fully saturated rings. The van der Waals surface area contributed by atoms with Gasteiger partial charge in [0.2, 0.25) is 0 Å². The van der Waals surface area contributed by atoms with Gasteiger partial charge in [0.05, 0.1) is 5.69 Å². The van der Waals surface area contributed by atoms with E-state index >= 15 is 0 Å². The number of nitrogens with zero attached hydrogens (tertiary/aromatic N) is 1. The van der Waals surface area contributed by atoms with Crippen LogP contribution >= 0.6 is 0 Å². The molecule has 0 aliphatic carbocycles. The minimum absolute atomic E-state index is 0.905. The lowest BCUT2D eigenvalue weighted by Crippen LogP contribution is -2.11. The maximum Gasteiger partial charge on any atom is 0.143 e. The van der Waals surface area contributed by atoms with Crippen molar-refractivity contribution in [3.8, 4) is 22.3 Å². The predicted octanol–water partition coefficient (Wildman–Crippen LogP) is 13.4. The largest absolute Gasteiger partial charge is 0.456 e. The van der Waals surface area contributed by atoms with E-state index in [4.69, 9.17) is 8.83 Å². The Kier molecular flexibility index (Phi) is 6.18. The average molecular weight is 628 g/mol. The van der Waals surface area contributed by atoms with Gasteiger partial charge in [0.1, 0.15) is 22.3 Å². The molecule has 10 rings (SSSR count). The van der Waals surface area contributed by atoms with Gasteiger partial charge in [0, 0.05) is 44.0 Å². The first-order valence-corrected chi connectivity index (χ1v) is 16.6. The molecule has 2 aromatic heterocycles. The number of furan rings is 2. The van der Waals surface area contributed by atoms with Crippen molar-refractivity contribution in [3.63, 3.8) is 0 Å². The summed E-state index contributed by atoms with van der Waals surface area (Å²) in [6, 6.07) is 62.1. The van der Waals surface area contributed by atoms with E-state index in [-0.39, 0.29) is 0 Å². The highest BCUT2D eigenvalue weighted by Crippen LogP contribution is 2.43. The summed E-state index contributed by atoms with van der Waals surface area (Å²) in [5.41, 5.74) is 11.4. The van der Waals surface area contributed by atoms with E-state index in [9.17, 15) is 0 Å². The molecule has 0 aliphatic heterocycles. The van der Waals surface area contributed by atoms with Crippen LogP contribution in [0.1, 0.15) is 0 Å². The molecule has 0 N–H and O–H groups in total. The zero-order chi connectivity index (χ0) is 32.3. The van der Waals surface area contributed by atoms with Crippen LogP contribution in [0, 0.1) is 0 Å². The lowest BCUT2D eigenvalue weighted by molar-refractivity contribution is 0.669. The SMILES string of the molecule is c1ccc(-c2ccccc2N(c2ccc(-c3cccc4c3oc3ccccc34)cc2)c2ccc3cc4oc5ccccc5c4cc3c2)cc1. The van der Waals surface area contributed by atoms with Crippen molar-refractivity contribution < 1.29 is 8.83 Å². The van der Waals surface area contributed by atoms with E-state index < -0.39 is 0 Å². The van der Waals surface area contributed by atoms with Gasteiger partial charge in [-0.05, 0) is 76.5 Å². The Labute approximate surface area is 282 Å². The molecule has 0 atom stereocenters. The van der Waals surface area contributed by atoms with E-state index in [0.29, 0.717) is 0 Å². The van der Waals surface area contributed by atoms with Crippen LogP contribution in [0.3, 0.4) is 0 Å². The first kappa shape index (κ1) is 27.5. The molecule has 10 aromatic rings. The molecular weight excluding hydrogens is 599 g/mol. The second-order valence-corrected chi connectivity index (χ2v) is 12.5. The molecular formula is C46H29NO2. The molecule has 0 spiro atoms. The van der Waals surface area contributed by atoms with E-state index in [1.54, 1.807) is 0 Å². The van der Waals surface area contributed by atoms with Crippen molar-refractivity contribution in [2.45, 2.75) is 0 Å². The Morgan fingerprint density at radius 1 is 0.347 bits per heavy atom. The molecule has 2 heterocycles. The summed E-state index contributed by atoms with van der Waals surface area (Å²) in [6.07, 6.45) is 0. The third kappa shape index (κ3) is 4.51. The second kappa shape index (κ2) is 11.0. The van der Waals surface area contributed by atoms with Crippen molar-refractivity contribution in [3.05, 3.63) is 176 Å². The number of hydrogen-bond acceptors (Lipinski definition) is 3. The molecule has 0 unspecified atom stereocenters. The zero-order valence-electron chi connectivity index (χ0n) is 26.5. The van der Waals surface area contributed by atoms with Crippen molar-refractivity contribution in [2.24, 2.45) is 0 Å². The number of benzene rings is 8. The highest BCUT2D eigenvalue weighted by Gasteiger charge is 2.19. The summed E-state index contributed by atoms with van der Waals surface area (Å²) < 4.78 is 12.6. The smallest absolute Gasteiger partial charge is 0.143 e. The van der Waals surface area contributed by atoms with Gasteiger partial charge >= 0.3 is 0 Å². The van der Waals surface area contributed by atoms with Crippen LogP contribution in [0.2, 0.25) is 0 Å². The molecule has 0 radical (unpaired) electrons. The monoisotopic (exact) mass is 627 g/mol. The maximum absolute atomic E-state index is 6.39. The fraction of sp³-hybridized carbons (Fsp3) is 0. The van der Waals surface area contributed by atoms with Crippen LogP contribution in [0.4, 0.5) is 17.1 Å². The van der Waals surface area contributed by atoms with Crippen LogP contribution in [0.5, 0.6) is 0 Å². The van der Waals surface area contributed by atoms with Gasteiger partial charge in [-0.2, -0.15) is 0 Å². The Balaban J connectivity index is 1.15. The van der Waals surface area contributed by atoms with Gasteiger partial charge in [-0.3, -0.25) is 0 Å². The summed E-state index contributed by atoms with van der Waals surface area (Å²) in [5, 5.41) is 6.82. The summed E-state index contributed by atoms with van der Waals surface area (Å²) in [7, 11) is 0. The fourth-order valence-electron chi connectivity index (χ4n) is 7.32. The standard InChI is InChI=1S/C46H29NO2/c1-2-11-30(12-3-1)36-13-4-7-18-42(36)47(35-26-23-32-29-45-41(28-33(32)27-35)39-15-6-8-19-43(39)48-45)34-24-21-31(22-25-34)37-16-10-17-40-38-14-5-9-20-44(38)49-46(37)40/h1-29H. The van der Waals surface area contributed by atoms with E-state index in [1.807, 2.05) is 24.3 Å². The molecule has 0 amide bonds. The Morgan fingerprint density at radius 2 is 0.980 bits per heavy atom. The van der Waals surface area contributed by atoms with Crippen LogP contribution in [0.15, 0.2) is 185 Å². The molecule has 230 valence electrons. The molecule has 0 bridgehead atoms. The van der Waals surface area contributed by atoms with Gasteiger partial charge in [0.25, 0.3) is 0 Å². The van der Waals surface area contributed by atoms with Crippen LogP contribution < -0.4 is 4.90 Å². The van der Waals surface area contributed by atoms with Crippen molar-refractivity contribution in [1.82, 2.24) is 0 Å². The minimum atomic E-state index is 0.905. The first-order valence-electron chi connectivity index (χ1n) is 16.6.